The maximum atomic E-state index is 13.8. The lowest BCUT2D eigenvalue weighted by Gasteiger charge is -2.26. The minimum Gasteiger partial charge on any atom is -0.493 e. The van der Waals surface area contributed by atoms with Crippen LogP contribution >= 0.6 is 0 Å². The highest BCUT2D eigenvalue weighted by Crippen LogP contribution is 2.50. The number of amides is 2. The highest BCUT2D eigenvalue weighted by atomic mass is 16.5. The third kappa shape index (κ3) is 6.90. The molecule has 2 amide bonds. The number of ether oxygens (including phenoxy) is 3. The molecule has 10 nitrogen and oxygen atoms in total. The second-order valence-corrected chi connectivity index (χ2v) is 11.6. The molecule has 2 aromatic rings. The van der Waals surface area contributed by atoms with Crippen LogP contribution in [0.2, 0.25) is 0 Å². The average molecular weight is 595 g/mol. The zero-order chi connectivity index (χ0) is 31.3. The first-order valence-electron chi connectivity index (χ1n) is 15.2. The SMILES string of the molecule is CCN1CCC[C@H]1CNC(=O)[C@@H](Nc1ccc2c(cc1=O)[C@@H](NC(C)=O)CCc1cc(OC)c(OC)c(OC)c1-2)C(C)C. The Morgan fingerprint density at radius 3 is 2.42 bits per heavy atom. The maximum absolute atomic E-state index is 13.8. The second kappa shape index (κ2) is 14.1. The third-order valence-corrected chi connectivity index (χ3v) is 8.59. The number of nitrogens with zero attached hydrogens (tertiary/aromatic N) is 1. The maximum Gasteiger partial charge on any atom is 0.242 e. The number of likely N-dealkylation sites (tertiary alicyclic amines) is 1. The fourth-order valence-electron chi connectivity index (χ4n) is 6.40. The summed E-state index contributed by atoms with van der Waals surface area (Å²) in [5, 5.41) is 9.41. The number of fused-ring (bicyclic) bond motifs is 3. The van der Waals surface area contributed by atoms with E-state index in [0.29, 0.717) is 53.9 Å². The van der Waals surface area contributed by atoms with E-state index >= 15 is 0 Å². The lowest BCUT2D eigenvalue weighted by molar-refractivity contribution is -0.123. The van der Waals surface area contributed by atoms with Crippen LogP contribution in [0.3, 0.4) is 0 Å². The van der Waals surface area contributed by atoms with Gasteiger partial charge in [0, 0.05) is 25.1 Å². The number of aryl methyl sites for hydroxylation is 1. The van der Waals surface area contributed by atoms with E-state index in [4.69, 9.17) is 14.2 Å². The van der Waals surface area contributed by atoms with Crippen LogP contribution in [0.15, 0.2) is 29.1 Å². The Hall–Kier alpha value is -3.79. The van der Waals surface area contributed by atoms with Gasteiger partial charge in [0.05, 0.1) is 33.1 Å². The molecule has 0 spiro atoms. The van der Waals surface area contributed by atoms with Crippen molar-refractivity contribution in [3.8, 4) is 28.4 Å². The van der Waals surface area contributed by atoms with Crippen LogP contribution in [0.1, 0.15) is 64.1 Å². The number of carbonyl (C=O) groups excluding carboxylic acids is 2. The molecule has 0 unspecified atom stereocenters. The van der Waals surface area contributed by atoms with E-state index in [2.05, 4.69) is 27.8 Å². The molecule has 1 heterocycles. The predicted octanol–water partition coefficient (Wildman–Crippen LogP) is 3.90. The molecule has 4 rings (SSSR count). The minimum absolute atomic E-state index is 0.0710. The summed E-state index contributed by atoms with van der Waals surface area (Å²) in [6.45, 7) is 10.1. The fraction of sp³-hybridized carbons (Fsp3) is 0.545. The minimum atomic E-state index is -0.608. The van der Waals surface area contributed by atoms with E-state index in [1.54, 1.807) is 33.5 Å². The largest absolute Gasteiger partial charge is 0.493 e. The van der Waals surface area contributed by atoms with E-state index in [1.807, 2.05) is 26.0 Å². The molecule has 2 aliphatic rings. The topological polar surface area (TPSA) is 118 Å². The summed E-state index contributed by atoms with van der Waals surface area (Å²) in [4.78, 5) is 41.8. The zero-order valence-corrected chi connectivity index (χ0v) is 26.5. The normalized spacial score (nSPS) is 18.6. The summed E-state index contributed by atoms with van der Waals surface area (Å²) in [6, 6.07) is 6.38. The third-order valence-electron chi connectivity index (χ3n) is 8.59. The van der Waals surface area contributed by atoms with Gasteiger partial charge in [-0.1, -0.05) is 26.8 Å². The van der Waals surface area contributed by atoms with Gasteiger partial charge in [-0.25, -0.2) is 0 Å². The molecular weight excluding hydrogens is 548 g/mol. The molecule has 0 aromatic heterocycles. The number of nitrogens with one attached hydrogen (secondary N) is 3. The molecule has 0 saturated carbocycles. The summed E-state index contributed by atoms with van der Waals surface area (Å²) in [7, 11) is 4.70. The predicted molar refractivity (Wildman–Crippen MR) is 168 cm³/mol. The van der Waals surface area contributed by atoms with Crippen LogP contribution < -0.4 is 35.6 Å². The number of anilines is 1. The van der Waals surface area contributed by atoms with E-state index in [-0.39, 0.29) is 23.2 Å². The van der Waals surface area contributed by atoms with Crippen molar-refractivity contribution in [3.05, 3.63) is 45.6 Å². The summed E-state index contributed by atoms with van der Waals surface area (Å²) in [5.74, 6) is 1.07. The highest BCUT2D eigenvalue weighted by molar-refractivity contribution is 5.86. The Labute approximate surface area is 254 Å². The van der Waals surface area contributed by atoms with Crippen molar-refractivity contribution in [2.24, 2.45) is 5.92 Å². The Morgan fingerprint density at radius 1 is 1.05 bits per heavy atom. The number of methoxy groups -OCH3 is 3. The first-order valence-corrected chi connectivity index (χ1v) is 15.2. The van der Waals surface area contributed by atoms with Crippen molar-refractivity contribution in [1.29, 1.82) is 0 Å². The molecule has 1 aliphatic carbocycles. The number of rotatable bonds is 11. The Kier molecular flexibility index (Phi) is 10.6. The lowest BCUT2D eigenvalue weighted by Crippen LogP contribution is -2.47. The van der Waals surface area contributed by atoms with Gasteiger partial charge in [0.2, 0.25) is 23.0 Å². The molecule has 2 aromatic carbocycles. The van der Waals surface area contributed by atoms with Gasteiger partial charge in [-0.3, -0.25) is 19.3 Å². The molecule has 0 bridgehead atoms. The Bertz CT molecular complexity index is 1390. The molecule has 3 N–H and O–H groups in total. The summed E-state index contributed by atoms with van der Waals surface area (Å²) in [5.41, 5.74) is 3.17. The van der Waals surface area contributed by atoms with Gasteiger partial charge in [0.1, 0.15) is 6.04 Å². The molecular formula is C33H46N4O6. The van der Waals surface area contributed by atoms with Gasteiger partial charge in [0.15, 0.2) is 11.5 Å². The lowest BCUT2D eigenvalue weighted by atomic mass is 9.95. The number of likely N-dealkylation sites (N-methyl/N-ethyl adjacent to an activating group) is 1. The van der Waals surface area contributed by atoms with Crippen molar-refractivity contribution in [2.75, 3.05) is 46.3 Å². The monoisotopic (exact) mass is 594 g/mol. The Morgan fingerprint density at radius 2 is 1.79 bits per heavy atom. The number of benzene rings is 1. The first-order chi connectivity index (χ1) is 20.6. The number of hydrogen-bond acceptors (Lipinski definition) is 8. The number of hydrogen-bond donors (Lipinski definition) is 3. The Balaban J connectivity index is 1.77. The van der Waals surface area contributed by atoms with Gasteiger partial charge >= 0.3 is 0 Å². The van der Waals surface area contributed by atoms with Gasteiger partial charge in [-0.05, 0) is 79.6 Å². The quantitative estimate of drug-likeness (QED) is 0.359. The van der Waals surface area contributed by atoms with Crippen LogP contribution in [-0.2, 0) is 16.0 Å². The van der Waals surface area contributed by atoms with Crippen LogP contribution in [0.4, 0.5) is 5.69 Å². The van der Waals surface area contributed by atoms with E-state index in [9.17, 15) is 14.4 Å². The van der Waals surface area contributed by atoms with E-state index in [0.717, 1.165) is 42.6 Å². The molecule has 1 saturated heterocycles. The smallest absolute Gasteiger partial charge is 0.242 e. The average Bonchev–Trinajstić information content (AvgIpc) is 3.32. The van der Waals surface area contributed by atoms with Crippen LogP contribution in [0.25, 0.3) is 11.1 Å². The van der Waals surface area contributed by atoms with Gasteiger partial charge in [-0.15, -0.1) is 0 Å². The van der Waals surface area contributed by atoms with Crippen molar-refractivity contribution >= 4 is 17.5 Å². The van der Waals surface area contributed by atoms with E-state index in [1.165, 1.54) is 6.92 Å². The molecule has 1 aliphatic heterocycles. The number of carbonyl (C=O) groups is 2. The zero-order valence-electron chi connectivity index (χ0n) is 26.5. The molecule has 10 heteroatoms. The van der Waals surface area contributed by atoms with E-state index < -0.39 is 12.1 Å². The van der Waals surface area contributed by atoms with Crippen LogP contribution in [0, 0.1) is 5.92 Å². The second-order valence-electron chi connectivity index (χ2n) is 11.6. The molecule has 3 atom stereocenters. The summed E-state index contributed by atoms with van der Waals surface area (Å²) in [6.07, 6.45) is 3.38. The molecule has 0 radical (unpaired) electrons. The summed E-state index contributed by atoms with van der Waals surface area (Å²) >= 11 is 0. The fourth-order valence-corrected chi connectivity index (χ4v) is 6.40. The molecule has 1 fully saturated rings. The van der Waals surface area contributed by atoms with Crippen molar-refractivity contribution in [2.45, 2.75) is 71.5 Å². The molecule has 43 heavy (non-hydrogen) atoms. The van der Waals surface area contributed by atoms with Crippen LogP contribution in [0.5, 0.6) is 17.2 Å². The first kappa shape index (κ1) is 32.1. The van der Waals surface area contributed by atoms with Crippen molar-refractivity contribution < 1.29 is 23.8 Å². The summed E-state index contributed by atoms with van der Waals surface area (Å²) < 4.78 is 17.1. The highest BCUT2D eigenvalue weighted by Gasteiger charge is 2.31. The molecule has 234 valence electrons. The van der Waals surface area contributed by atoms with Gasteiger partial charge in [-0.2, -0.15) is 0 Å². The van der Waals surface area contributed by atoms with Crippen LogP contribution in [-0.4, -0.2) is 69.8 Å². The van der Waals surface area contributed by atoms with Gasteiger partial charge in [0.25, 0.3) is 0 Å². The van der Waals surface area contributed by atoms with Crippen molar-refractivity contribution in [1.82, 2.24) is 15.5 Å². The van der Waals surface area contributed by atoms with Gasteiger partial charge < -0.3 is 30.2 Å². The standard InChI is InChI=1S/C33H46N4O6/c1-8-37-15-9-10-22(37)18-34-33(40)30(19(2)3)36-26-14-12-23-24(17-27(26)39)25(35-20(4)38)13-11-21-16-28(41-5)31(42-6)32(43-7)29(21)23/h12,14,16-17,19,22,25,30H,8-11,13,15,18H2,1-7H3,(H,34,40)(H,35,38)(H,36,39)/t22-,25-,30-/m0/s1. The van der Waals surface area contributed by atoms with Crippen molar-refractivity contribution in [3.63, 3.8) is 0 Å².